The van der Waals surface area contributed by atoms with Crippen molar-refractivity contribution in [3.63, 3.8) is 0 Å². The number of thiazole rings is 1. The van der Waals surface area contributed by atoms with E-state index in [4.69, 9.17) is 0 Å². The Kier molecular flexibility index (Phi) is 3.02. The fraction of sp³-hybridized carbons (Fsp3) is 0.500. The predicted octanol–water partition coefficient (Wildman–Crippen LogP) is 1.54. The average molecular weight is 250 g/mol. The van der Waals surface area contributed by atoms with Crippen molar-refractivity contribution in [2.45, 2.75) is 19.3 Å². The van der Waals surface area contributed by atoms with Gasteiger partial charge in [0.05, 0.1) is 6.20 Å². The van der Waals surface area contributed by atoms with Gasteiger partial charge in [-0.15, -0.1) is 0 Å². The summed E-state index contributed by atoms with van der Waals surface area (Å²) in [5.74, 6) is 0. The van der Waals surface area contributed by atoms with Gasteiger partial charge in [0.2, 0.25) is 0 Å². The number of rotatable bonds is 3. The van der Waals surface area contributed by atoms with Crippen LogP contribution in [0.15, 0.2) is 18.9 Å². The second kappa shape index (κ2) is 4.80. The first-order valence-corrected chi connectivity index (χ1v) is 6.56. The zero-order chi connectivity index (χ0) is 11.5. The summed E-state index contributed by atoms with van der Waals surface area (Å²) in [6.45, 7) is 2.19. The molecule has 0 bridgehead atoms. The highest BCUT2D eigenvalue weighted by Gasteiger charge is 2.12. The number of nitrogens with zero attached hydrogens (tertiary/aromatic N) is 5. The third kappa shape index (κ3) is 2.45. The zero-order valence-corrected chi connectivity index (χ0v) is 10.2. The third-order valence-electron chi connectivity index (χ3n) is 2.75. The number of anilines is 1. The Bertz CT molecular complexity index is 459. The Labute approximate surface area is 103 Å². The molecule has 2 aromatic rings. The van der Waals surface area contributed by atoms with Crippen LogP contribution in [0.3, 0.4) is 0 Å². The van der Waals surface area contributed by atoms with Crippen LogP contribution in [0.2, 0.25) is 0 Å². The van der Waals surface area contributed by atoms with E-state index >= 15 is 0 Å². The van der Waals surface area contributed by atoms with Gasteiger partial charge in [0.25, 0.3) is 0 Å². The van der Waals surface area contributed by atoms with Gasteiger partial charge >= 0.3 is 0 Å². The number of hydrogen-bond donors (Lipinski definition) is 1. The molecule has 1 fully saturated rings. The Morgan fingerprint density at radius 2 is 2.12 bits per heavy atom. The minimum absolute atomic E-state index is 0.914. The van der Waals surface area contributed by atoms with E-state index in [9.17, 15) is 0 Å². The van der Waals surface area contributed by atoms with Crippen molar-refractivity contribution in [3.05, 3.63) is 18.9 Å². The van der Waals surface area contributed by atoms with Gasteiger partial charge in [-0.25, -0.2) is 19.7 Å². The Morgan fingerprint density at radius 3 is 2.88 bits per heavy atom. The average Bonchev–Trinajstić information content (AvgIpc) is 3.00. The Hall–Kier alpha value is -1.47. The SMILES string of the molecule is c1ncn(-c2cnc(NN3CCCCC3)s2)n1. The van der Waals surface area contributed by atoms with Crippen LogP contribution in [0, 0.1) is 0 Å². The largest absolute Gasteiger partial charge is 0.294 e. The van der Waals surface area contributed by atoms with Gasteiger partial charge in [-0.05, 0) is 12.8 Å². The highest BCUT2D eigenvalue weighted by molar-refractivity contribution is 7.17. The van der Waals surface area contributed by atoms with Gasteiger partial charge < -0.3 is 0 Å². The molecule has 0 radical (unpaired) electrons. The maximum atomic E-state index is 4.34. The highest BCUT2D eigenvalue weighted by Crippen LogP contribution is 2.22. The van der Waals surface area contributed by atoms with Crippen molar-refractivity contribution >= 4 is 16.5 Å². The van der Waals surface area contributed by atoms with E-state index in [-0.39, 0.29) is 0 Å². The maximum Gasteiger partial charge on any atom is 0.199 e. The molecule has 0 spiro atoms. The van der Waals surface area contributed by atoms with Gasteiger partial charge in [0.1, 0.15) is 17.7 Å². The molecular formula is C10H14N6S. The molecule has 0 aromatic carbocycles. The lowest BCUT2D eigenvalue weighted by atomic mass is 10.2. The highest BCUT2D eigenvalue weighted by atomic mass is 32.1. The lowest BCUT2D eigenvalue weighted by Crippen LogP contribution is -2.34. The third-order valence-corrected chi connectivity index (χ3v) is 3.64. The molecule has 3 rings (SSSR count). The molecule has 7 heteroatoms. The van der Waals surface area contributed by atoms with Crippen LogP contribution in [-0.4, -0.2) is 37.8 Å². The summed E-state index contributed by atoms with van der Waals surface area (Å²) in [5, 5.41) is 8.20. The first kappa shape index (κ1) is 10.7. The van der Waals surface area contributed by atoms with Crippen LogP contribution in [0.5, 0.6) is 0 Å². The molecular weight excluding hydrogens is 236 g/mol. The van der Waals surface area contributed by atoms with E-state index in [2.05, 4.69) is 25.5 Å². The summed E-state index contributed by atoms with van der Waals surface area (Å²) in [6, 6.07) is 0. The van der Waals surface area contributed by atoms with Gasteiger partial charge in [-0.1, -0.05) is 17.8 Å². The van der Waals surface area contributed by atoms with Crippen LogP contribution >= 0.6 is 11.3 Å². The number of piperidine rings is 1. The summed E-state index contributed by atoms with van der Waals surface area (Å²) in [6.07, 6.45) is 8.87. The summed E-state index contributed by atoms with van der Waals surface area (Å²) < 4.78 is 1.72. The second-order valence-electron chi connectivity index (χ2n) is 4.00. The normalized spacial score (nSPS) is 17.2. The fourth-order valence-corrected chi connectivity index (χ4v) is 2.66. The molecule has 2 aromatic heterocycles. The van der Waals surface area contributed by atoms with Gasteiger partial charge in [0, 0.05) is 13.1 Å². The van der Waals surface area contributed by atoms with Crippen LogP contribution in [0.25, 0.3) is 5.00 Å². The molecule has 1 N–H and O–H groups in total. The summed E-state index contributed by atoms with van der Waals surface area (Å²) in [7, 11) is 0. The first-order chi connectivity index (χ1) is 8.42. The molecule has 1 saturated heterocycles. The predicted molar refractivity (Wildman–Crippen MR) is 66.1 cm³/mol. The minimum atomic E-state index is 0.914. The Balaban J connectivity index is 1.68. The topological polar surface area (TPSA) is 58.9 Å². The summed E-state index contributed by atoms with van der Waals surface area (Å²) in [5.41, 5.74) is 3.34. The van der Waals surface area contributed by atoms with Crippen molar-refractivity contribution < 1.29 is 0 Å². The van der Waals surface area contributed by atoms with Crippen LogP contribution in [0.1, 0.15) is 19.3 Å². The minimum Gasteiger partial charge on any atom is -0.294 e. The van der Waals surface area contributed by atoms with Crippen molar-refractivity contribution in [2.75, 3.05) is 18.5 Å². The molecule has 1 aliphatic heterocycles. The summed E-state index contributed by atoms with van der Waals surface area (Å²) >= 11 is 1.58. The number of nitrogens with one attached hydrogen (secondary N) is 1. The fourth-order valence-electron chi connectivity index (χ4n) is 1.89. The zero-order valence-electron chi connectivity index (χ0n) is 9.41. The first-order valence-electron chi connectivity index (χ1n) is 5.74. The van der Waals surface area contributed by atoms with Gasteiger partial charge in [-0.2, -0.15) is 5.10 Å². The smallest absolute Gasteiger partial charge is 0.199 e. The summed E-state index contributed by atoms with van der Waals surface area (Å²) in [4.78, 5) is 8.27. The standard InChI is InChI=1S/C10H14N6S/c1-2-4-15(5-3-1)14-10-12-6-9(17-10)16-8-11-7-13-16/h6-8H,1-5H2,(H,12,14). The van der Waals surface area contributed by atoms with E-state index in [0.717, 1.165) is 23.2 Å². The van der Waals surface area contributed by atoms with E-state index < -0.39 is 0 Å². The molecule has 90 valence electrons. The lowest BCUT2D eigenvalue weighted by Gasteiger charge is -2.26. The molecule has 1 aliphatic rings. The van der Waals surface area contributed by atoms with E-state index in [1.165, 1.54) is 25.6 Å². The van der Waals surface area contributed by atoms with Crippen LogP contribution < -0.4 is 5.43 Å². The molecule has 6 nitrogen and oxygen atoms in total. The van der Waals surface area contributed by atoms with Crippen molar-refractivity contribution in [3.8, 4) is 5.00 Å². The monoisotopic (exact) mass is 250 g/mol. The Morgan fingerprint density at radius 1 is 1.24 bits per heavy atom. The molecule has 0 aliphatic carbocycles. The molecule has 17 heavy (non-hydrogen) atoms. The molecule has 0 atom stereocenters. The van der Waals surface area contributed by atoms with Gasteiger partial charge in [0.15, 0.2) is 5.13 Å². The second-order valence-corrected chi connectivity index (χ2v) is 5.01. The molecule has 0 unspecified atom stereocenters. The van der Waals surface area contributed by atoms with E-state index in [1.54, 1.807) is 22.3 Å². The van der Waals surface area contributed by atoms with Gasteiger partial charge in [-0.3, -0.25) is 5.43 Å². The van der Waals surface area contributed by atoms with Crippen LogP contribution in [0.4, 0.5) is 5.13 Å². The molecule has 0 amide bonds. The van der Waals surface area contributed by atoms with Crippen LogP contribution in [-0.2, 0) is 0 Å². The molecule has 3 heterocycles. The van der Waals surface area contributed by atoms with Crippen molar-refractivity contribution in [1.29, 1.82) is 0 Å². The molecule has 0 saturated carbocycles. The number of hydrazine groups is 1. The van der Waals surface area contributed by atoms with E-state index in [0.29, 0.717) is 0 Å². The lowest BCUT2D eigenvalue weighted by molar-refractivity contribution is 0.273. The maximum absolute atomic E-state index is 4.34. The van der Waals surface area contributed by atoms with E-state index in [1.807, 2.05) is 6.20 Å². The van der Waals surface area contributed by atoms with Crippen molar-refractivity contribution in [1.82, 2.24) is 24.8 Å². The van der Waals surface area contributed by atoms with Crippen molar-refractivity contribution in [2.24, 2.45) is 0 Å². The quantitative estimate of drug-likeness (QED) is 0.895. The number of aromatic nitrogens is 4. The number of hydrogen-bond acceptors (Lipinski definition) is 6.